The maximum absolute atomic E-state index is 12.6. The topological polar surface area (TPSA) is 95.3 Å². The minimum atomic E-state index is -1.49. The van der Waals surface area contributed by atoms with Crippen LogP contribution in [0.2, 0.25) is 0 Å². The second-order valence-electron chi connectivity index (χ2n) is 5.20. The molecular weight excluding hydrogens is 250 g/mol. The Morgan fingerprint density at radius 3 is 2.58 bits per heavy atom. The summed E-state index contributed by atoms with van der Waals surface area (Å²) in [7, 11) is 0. The molecule has 2 rings (SSSR count). The van der Waals surface area contributed by atoms with Gasteiger partial charge < -0.3 is 20.0 Å². The minimum Gasteiger partial charge on any atom is -0.622 e. The van der Waals surface area contributed by atoms with E-state index in [0.717, 1.165) is 5.06 Å². The second-order valence-corrected chi connectivity index (χ2v) is 5.20. The van der Waals surface area contributed by atoms with Gasteiger partial charge in [0.1, 0.15) is 11.3 Å². The highest BCUT2D eigenvalue weighted by Gasteiger charge is 2.62. The molecule has 1 aliphatic rings. The van der Waals surface area contributed by atoms with Crippen LogP contribution in [0.25, 0.3) is 0 Å². The lowest BCUT2D eigenvalue weighted by Crippen LogP contribution is -2.57. The number of hydrogen-bond donors (Lipinski definition) is 2. The zero-order valence-electron chi connectivity index (χ0n) is 11.3. The minimum absolute atomic E-state index is 0.0830. The van der Waals surface area contributed by atoms with E-state index in [1.807, 2.05) is 0 Å². The number of hydrogen-bond acceptors (Lipinski definition) is 6. The summed E-state index contributed by atoms with van der Waals surface area (Å²) in [6.07, 6.45) is 1.45. The Hall–Kier alpha value is -1.86. The summed E-state index contributed by atoms with van der Waals surface area (Å²) in [6.45, 7) is 6.32. The molecular formula is C12H17N3O4. The molecule has 0 fully saturated rings. The van der Waals surface area contributed by atoms with Crippen molar-refractivity contribution in [2.24, 2.45) is 5.16 Å². The number of furan rings is 1. The molecule has 0 bridgehead atoms. The van der Waals surface area contributed by atoms with Gasteiger partial charge in [0.25, 0.3) is 11.4 Å². The van der Waals surface area contributed by atoms with Crippen molar-refractivity contribution < 1.29 is 19.6 Å². The number of nitrogens with zero attached hydrogens (tertiary/aromatic N) is 3. The van der Waals surface area contributed by atoms with Gasteiger partial charge in [0.2, 0.25) is 0 Å². The van der Waals surface area contributed by atoms with E-state index in [2.05, 4.69) is 5.16 Å². The first-order valence-corrected chi connectivity index (χ1v) is 5.85. The van der Waals surface area contributed by atoms with Crippen LogP contribution in [-0.4, -0.2) is 42.8 Å². The quantitative estimate of drug-likeness (QED) is 0.279. The summed E-state index contributed by atoms with van der Waals surface area (Å²) < 4.78 is 5.87. The van der Waals surface area contributed by atoms with Gasteiger partial charge in [0, 0.05) is 6.92 Å². The van der Waals surface area contributed by atoms with Crippen LogP contribution in [0.3, 0.4) is 0 Å². The Morgan fingerprint density at radius 2 is 2.11 bits per heavy atom. The smallest absolute Gasteiger partial charge is 0.290 e. The normalized spacial score (nSPS) is 28.2. The maximum Gasteiger partial charge on any atom is 0.290 e. The summed E-state index contributed by atoms with van der Waals surface area (Å²) in [5.41, 5.74) is -2.12. The molecule has 7 heteroatoms. The molecule has 2 N–H and O–H groups in total. The first-order valence-electron chi connectivity index (χ1n) is 5.85. The number of oxime groups is 1. The Labute approximate surface area is 110 Å². The van der Waals surface area contributed by atoms with Gasteiger partial charge in [0.15, 0.2) is 5.76 Å². The third kappa shape index (κ3) is 1.58. The second kappa shape index (κ2) is 4.07. The van der Waals surface area contributed by atoms with Crippen LogP contribution in [0, 0.1) is 5.21 Å². The zero-order valence-corrected chi connectivity index (χ0v) is 11.3. The van der Waals surface area contributed by atoms with Crippen LogP contribution in [0.15, 0.2) is 28.0 Å². The summed E-state index contributed by atoms with van der Waals surface area (Å²) in [4.78, 5) is 0. The molecule has 0 aromatic carbocycles. The molecule has 1 unspecified atom stereocenters. The Balaban J connectivity index is 2.70. The summed E-state index contributed by atoms with van der Waals surface area (Å²) in [6, 6.07) is 3.31. The highest BCUT2D eigenvalue weighted by Crippen LogP contribution is 2.36. The van der Waals surface area contributed by atoms with Gasteiger partial charge in [-0.3, -0.25) is 0 Å². The van der Waals surface area contributed by atoms with Crippen molar-refractivity contribution in [2.75, 3.05) is 0 Å². The van der Waals surface area contributed by atoms with Crippen molar-refractivity contribution in [2.45, 2.75) is 38.9 Å². The van der Waals surface area contributed by atoms with E-state index in [0.29, 0.717) is 10.5 Å². The average molecular weight is 267 g/mol. The molecule has 0 saturated carbocycles. The van der Waals surface area contributed by atoms with Crippen LogP contribution < -0.4 is 0 Å². The largest absolute Gasteiger partial charge is 0.622 e. The molecule has 104 valence electrons. The fourth-order valence-corrected chi connectivity index (χ4v) is 2.41. The lowest BCUT2D eigenvalue weighted by molar-refractivity contribution is -0.560. The van der Waals surface area contributed by atoms with E-state index in [1.165, 1.54) is 20.1 Å². The van der Waals surface area contributed by atoms with Gasteiger partial charge in [-0.2, -0.15) is 4.74 Å². The van der Waals surface area contributed by atoms with Gasteiger partial charge >= 0.3 is 0 Å². The van der Waals surface area contributed by atoms with Crippen LogP contribution >= 0.6 is 0 Å². The van der Waals surface area contributed by atoms with Crippen molar-refractivity contribution >= 4 is 11.4 Å². The van der Waals surface area contributed by atoms with Gasteiger partial charge in [-0.1, -0.05) is 5.16 Å². The Morgan fingerprint density at radius 1 is 1.47 bits per heavy atom. The third-order valence-corrected chi connectivity index (χ3v) is 3.71. The van der Waals surface area contributed by atoms with Crippen LogP contribution in [-0.2, 0) is 0 Å². The highest BCUT2D eigenvalue weighted by molar-refractivity contribution is 6.04. The lowest BCUT2D eigenvalue weighted by Gasteiger charge is -2.31. The highest BCUT2D eigenvalue weighted by atomic mass is 16.6. The van der Waals surface area contributed by atoms with E-state index in [-0.39, 0.29) is 11.4 Å². The fraction of sp³-hybridized carbons (Fsp3) is 0.500. The number of rotatable bonds is 2. The Kier molecular flexibility index (Phi) is 2.91. The van der Waals surface area contributed by atoms with Crippen molar-refractivity contribution in [3.05, 3.63) is 29.4 Å². The predicted molar refractivity (Wildman–Crippen MR) is 67.4 cm³/mol. The maximum atomic E-state index is 12.6. The van der Waals surface area contributed by atoms with Crippen molar-refractivity contribution in [3.63, 3.8) is 0 Å². The summed E-state index contributed by atoms with van der Waals surface area (Å²) >= 11 is 0. The molecule has 0 spiro atoms. The standard InChI is InChI=1S/C12H17N3O4/c1-8(13-16)12(4)14(17)10(9-6-5-7-19-9)11(2,3)15(12)18/h5-7,16,18H,1-4H3. The summed E-state index contributed by atoms with van der Waals surface area (Å²) in [5.74, 6) is 0.369. The van der Waals surface area contributed by atoms with Crippen molar-refractivity contribution in [1.82, 2.24) is 5.06 Å². The van der Waals surface area contributed by atoms with Gasteiger partial charge in [-0.25, -0.2) is 0 Å². The first kappa shape index (κ1) is 13.6. The molecule has 0 radical (unpaired) electrons. The van der Waals surface area contributed by atoms with E-state index in [1.54, 1.807) is 26.0 Å². The van der Waals surface area contributed by atoms with Crippen molar-refractivity contribution in [3.8, 4) is 0 Å². The molecule has 1 atom stereocenters. The Bertz CT molecular complexity index is 547. The van der Waals surface area contributed by atoms with E-state index in [4.69, 9.17) is 9.62 Å². The van der Waals surface area contributed by atoms with Crippen LogP contribution in [0.1, 0.15) is 33.5 Å². The molecule has 0 amide bonds. The molecule has 1 aliphatic heterocycles. The molecule has 7 nitrogen and oxygen atoms in total. The molecule has 1 aromatic rings. The van der Waals surface area contributed by atoms with E-state index < -0.39 is 11.2 Å². The van der Waals surface area contributed by atoms with Gasteiger partial charge in [0.05, 0.1) is 6.26 Å². The fourth-order valence-electron chi connectivity index (χ4n) is 2.41. The third-order valence-electron chi connectivity index (χ3n) is 3.71. The van der Waals surface area contributed by atoms with Crippen LogP contribution in [0.5, 0.6) is 0 Å². The predicted octanol–water partition coefficient (Wildman–Crippen LogP) is 1.63. The lowest BCUT2D eigenvalue weighted by atomic mass is 9.96. The van der Waals surface area contributed by atoms with Crippen molar-refractivity contribution in [1.29, 1.82) is 0 Å². The molecule has 0 saturated heterocycles. The molecule has 2 heterocycles. The zero-order chi connectivity index (χ0) is 14.4. The van der Waals surface area contributed by atoms with Gasteiger partial charge in [-0.05, 0) is 32.9 Å². The van der Waals surface area contributed by atoms with Gasteiger partial charge in [-0.15, -0.1) is 5.06 Å². The number of hydroxylamine groups is 3. The molecule has 0 aliphatic carbocycles. The van der Waals surface area contributed by atoms with E-state index in [9.17, 15) is 10.4 Å². The molecule has 1 aromatic heterocycles. The van der Waals surface area contributed by atoms with Crippen LogP contribution in [0.4, 0.5) is 0 Å². The van der Waals surface area contributed by atoms with E-state index >= 15 is 0 Å². The monoisotopic (exact) mass is 267 g/mol. The SMILES string of the molecule is CC(=NO)C1(C)N(O)C(C)(C)C(c2ccco2)=[N+]1[O-]. The summed E-state index contributed by atoms with van der Waals surface area (Å²) in [5, 5.41) is 35.8. The molecule has 19 heavy (non-hydrogen) atoms. The average Bonchev–Trinajstić information content (AvgIpc) is 2.92. The first-order chi connectivity index (χ1) is 8.77.